The average molecular weight is 544 g/mol. The van der Waals surface area contributed by atoms with Crippen molar-refractivity contribution in [1.82, 2.24) is 0 Å². The summed E-state index contributed by atoms with van der Waals surface area (Å²) in [6, 6.07) is 20.4. The maximum absolute atomic E-state index is 13.2. The topological polar surface area (TPSA) is 65.1 Å². The molecule has 0 saturated heterocycles. The third-order valence-electron chi connectivity index (χ3n) is 5.63. The predicted molar refractivity (Wildman–Crippen MR) is 143 cm³/mol. The molecule has 9 heteroatoms. The van der Waals surface area contributed by atoms with E-state index in [9.17, 15) is 22.8 Å². The van der Waals surface area contributed by atoms with Crippen molar-refractivity contribution >= 4 is 17.6 Å². The lowest BCUT2D eigenvalue weighted by atomic mass is 10.0. The van der Waals surface area contributed by atoms with Gasteiger partial charge in [-0.15, -0.1) is 13.2 Å². The molecule has 3 rings (SSSR count). The Labute approximate surface area is 226 Å². The van der Waals surface area contributed by atoms with Crippen LogP contribution >= 0.6 is 0 Å². The third-order valence-corrected chi connectivity index (χ3v) is 5.63. The van der Waals surface area contributed by atoms with E-state index >= 15 is 0 Å². The predicted octanol–water partition coefficient (Wildman–Crippen LogP) is 6.96. The van der Waals surface area contributed by atoms with E-state index in [4.69, 9.17) is 9.47 Å². The fourth-order valence-electron chi connectivity index (χ4n) is 3.95. The van der Waals surface area contributed by atoms with Crippen LogP contribution in [0.1, 0.15) is 39.2 Å². The molecule has 6 nitrogen and oxygen atoms in total. The summed E-state index contributed by atoms with van der Waals surface area (Å²) in [5.41, 5.74) is 2.10. The Hall–Kier alpha value is -4.01. The van der Waals surface area contributed by atoms with Gasteiger partial charge in [-0.3, -0.25) is 9.69 Å². The number of anilines is 1. The fourth-order valence-corrected chi connectivity index (χ4v) is 3.95. The lowest BCUT2D eigenvalue weighted by Gasteiger charge is -2.28. The number of hydrogen-bond acceptors (Lipinski definition) is 5. The first-order chi connectivity index (χ1) is 18.4. The molecule has 0 N–H and O–H groups in total. The summed E-state index contributed by atoms with van der Waals surface area (Å²) < 4.78 is 52.5. The fraction of sp³-hybridized carbons (Fsp3) is 0.333. The van der Waals surface area contributed by atoms with Crippen molar-refractivity contribution < 1.29 is 37.0 Å². The number of methoxy groups -OCH3 is 1. The Morgan fingerprint density at radius 1 is 0.821 bits per heavy atom. The van der Waals surface area contributed by atoms with Crippen LogP contribution in [0, 0.1) is 0 Å². The standard InChI is InChI=1S/C30H32F3NO5/c1-29(2,3)39-26-18-15-23(22-13-16-24(17-14-22)38-30(31,32)33)20-25(26)34(27(35)28(36)37-4)19-9-8-12-21-10-6-5-7-11-21/h5-7,10-11,13-18,20H,8-9,12,19H2,1-4H3. The van der Waals surface area contributed by atoms with Crippen molar-refractivity contribution in [2.45, 2.75) is 52.0 Å². The minimum absolute atomic E-state index is 0.225. The smallest absolute Gasteiger partial charge is 0.486 e. The molecule has 0 aliphatic heterocycles. The van der Waals surface area contributed by atoms with Crippen LogP contribution in [0.15, 0.2) is 72.8 Å². The van der Waals surface area contributed by atoms with Crippen LogP contribution in [0.5, 0.6) is 11.5 Å². The Morgan fingerprint density at radius 2 is 1.46 bits per heavy atom. The number of alkyl halides is 3. The third kappa shape index (κ3) is 9.05. The summed E-state index contributed by atoms with van der Waals surface area (Å²) >= 11 is 0. The Bertz CT molecular complexity index is 1250. The number of nitrogens with zero attached hydrogens (tertiary/aromatic N) is 1. The van der Waals surface area contributed by atoms with Crippen molar-refractivity contribution in [3.05, 3.63) is 78.4 Å². The molecular weight excluding hydrogens is 511 g/mol. The molecule has 0 aliphatic carbocycles. The van der Waals surface area contributed by atoms with E-state index in [1.807, 2.05) is 51.1 Å². The molecule has 208 valence electrons. The van der Waals surface area contributed by atoms with Gasteiger partial charge in [0.25, 0.3) is 0 Å². The Balaban J connectivity index is 1.95. The van der Waals surface area contributed by atoms with Gasteiger partial charge in [0.05, 0.1) is 12.8 Å². The number of hydrogen-bond donors (Lipinski definition) is 0. The number of ether oxygens (including phenoxy) is 3. The highest BCUT2D eigenvalue weighted by Gasteiger charge is 2.31. The molecule has 3 aromatic carbocycles. The number of carbonyl (C=O) groups excluding carboxylic acids is 2. The van der Waals surface area contributed by atoms with Crippen molar-refractivity contribution in [3.8, 4) is 22.6 Å². The van der Waals surface area contributed by atoms with Gasteiger partial charge >= 0.3 is 18.2 Å². The average Bonchev–Trinajstić information content (AvgIpc) is 2.88. The summed E-state index contributed by atoms with van der Waals surface area (Å²) in [5, 5.41) is 0. The molecule has 39 heavy (non-hydrogen) atoms. The van der Waals surface area contributed by atoms with Gasteiger partial charge in [-0.25, -0.2) is 4.79 Å². The SMILES string of the molecule is COC(=O)C(=O)N(CCCCc1ccccc1)c1cc(-c2ccc(OC(F)(F)F)cc2)ccc1OC(C)(C)C. The number of esters is 1. The Morgan fingerprint density at radius 3 is 2.05 bits per heavy atom. The van der Waals surface area contributed by atoms with Gasteiger partial charge in [0, 0.05) is 6.54 Å². The quantitative estimate of drug-likeness (QED) is 0.166. The maximum Gasteiger partial charge on any atom is 0.573 e. The number of aryl methyl sites for hydroxylation is 1. The molecule has 0 saturated carbocycles. The van der Waals surface area contributed by atoms with Crippen LogP contribution in [0.2, 0.25) is 0 Å². The highest BCUT2D eigenvalue weighted by molar-refractivity contribution is 6.38. The number of unbranched alkanes of at least 4 members (excludes halogenated alkanes) is 1. The highest BCUT2D eigenvalue weighted by atomic mass is 19.4. The van der Waals surface area contributed by atoms with Gasteiger partial charge in [0.1, 0.15) is 17.1 Å². The first kappa shape index (κ1) is 29.5. The van der Waals surface area contributed by atoms with Crippen LogP contribution in [0.4, 0.5) is 18.9 Å². The van der Waals surface area contributed by atoms with Gasteiger partial charge in [-0.05, 0) is 81.0 Å². The van der Waals surface area contributed by atoms with Crippen LogP contribution in [0.3, 0.4) is 0 Å². The summed E-state index contributed by atoms with van der Waals surface area (Å²) in [6.45, 7) is 5.80. The molecular formula is C30H32F3NO5. The van der Waals surface area contributed by atoms with Crippen LogP contribution in [0.25, 0.3) is 11.1 Å². The van der Waals surface area contributed by atoms with Crippen molar-refractivity contribution in [1.29, 1.82) is 0 Å². The first-order valence-corrected chi connectivity index (χ1v) is 12.5. The van der Waals surface area contributed by atoms with Crippen molar-refractivity contribution in [3.63, 3.8) is 0 Å². The number of carbonyl (C=O) groups is 2. The van der Waals surface area contributed by atoms with Crippen LogP contribution < -0.4 is 14.4 Å². The van der Waals surface area contributed by atoms with Crippen LogP contribution in [-0.4, -0.2) is 37.5 Å². The second-order valence-electron chi connectivity index (χ2n) is 9.86. The van der Waals surface area contributed by atoms with E-state index in [0.29, 0.717) is 29.0 Å². The summed E-state index contributed by atoms with van der Waals surface area (Å²) in [5.74, 6) is -1.83. The molecule has 0 heterocycles. The van der Waals surface area contributed by atoms with E-state index < -0.39 is 23.8 Å². The van der Waals surface area contributed by atoms with E-state index in [1.165, 1.54) is 34.7 Å². The number of halogens is 3. The molecule has 1 amide bonds. The highest BCUT2D eigenvalue weighted by Crippen LogP contribution is 2.37. The zero-order valence-electron chi connectivity index (χ0n) is 22.4. The zero-order chi connectivity index (χ0) is 28.6. The molecule has 0 fully saturated rings. The van der Waals surface area contributed by atoms with Crippen molar-refractivity contribution in [2.24, 2.45) is 0 Å². The second-order valence-corrected chi connectivity index (χ2v) is 9.86. The summed E-state index contributed by atoms with van der Waals surface area (Å²) in [6.07, 6.45) is -2.63. The largest absolute Gasteiger partial charge is 0.573 e. The molecule has 0 unspecified atom stereocenters. The molecule has 0 bridgehead atoms. The first-order valence-electron chi connectivity index (χ1n) is 12.5. The Kier molecular flexibility index (Phi) is 9.61. The zero-order valence-corrected chi connectivity index (χ0v) is 22.4. The minimum atomic E-state index is -4.80. The van der Waals surface area contributed by atoms with Gasteiger partial charge < -0.3 is 14.2 Å². The lowest BCUT2D eigenvalue weighted by Crippen LogP contribution is -2.39. The molecule has 0 aliphatic rings. The van der Waals surface area contributed by atoms with E-state index in [-0.39, 0.29) is 12.3 Å². The van der Waals surface area contributed by atoms with Crippen molar-refractivity contribution in [2.75, 3.05) is 18.6 Å². The van der Waals surface area contributed by atoms with E-state index in [2.05, 4.69) is 4.74 Å². The van der Waals surface area contributed by atoms with Gasteiger partial charge in [0.15, 0.2) is 0 Å². The number of benzene rings is 3. The second kappa shape index (κ2) is 12.7. The monoisotopic (exact) mass is 543 g/mol. The summed E-state index contributed by atoms with van der Waals surface area (Å²) in [4.78, 5) is 26.8. The van der Waals surface area contributed by atoms with Gasteiger partial charge in [-0.1, -0.05) is 48.5 Å². The van der Waals surface area contributed by atoms with E-state index in [1.54, 1.807) is 18.2 Å². The normalized spacial score (nSPS) is 11.6. The summed E-state index contributed by atoms with van der Waals surface area (Å²) in [7, 11) is 1.14. The molecule has 0 atom stereocenters. The molecule has 0 spiro atoms. The van der Waals surface area contributed by atoms with Gasteiger partial charge in [-0.2, -0.15) is 0 Å². The minimum Gasteiger partial charge on any atom is -0.486 e. The molecule has 3 aromatic rings. The number of amides is 1. The van der Waals surface area contributed by atoms with E-state index in [0.717, 1.165) is 20.0 Å². The number of rotatable bonds is 9. The van der Waals surface area contributed by atoms with Crippen LogP contribution in [-0.2, 0) is 20.7 Å². The maximum atomic E-state index is 13.2. The lowest BCUT2D eigenvalue weighted by molar-refractivity contribution is -0.274. The molecule has 0 radical (unpaired) electrons. The van der Waals surface area contributed by atoms with Gasteiger partial charge in [0.2, 0.25) is 0 Å². The molecule has 0 aromatic heterocycles.